The topological polar surface area (TPSA) is 58.8 Å². The van der Waals surface area contributed by atoms with Crippen LogP contribution in [-0.4, -0.2) is 54.6 Å². The van der Waals surface area contributed by atoms with E-state index < -0.39 is 0 Å². The van der Waals surface area contributed by atoms with Crippen LogP contribution in [0.4, 0.5) is 10.1 Å². The lowest BCUT2D eigenvalue weighted by Gasteiger charge is -2.41. The fraction of sp³-hybridized carbons (Fsp3) is 0.611. The Kier molecular flexibility index (Phi) is 5.06. The molecule has 0 aromatic heterocycles. The van der Waals surface area contributed by atoms with E-state index in [9.17, 15) is 9.18 Å². The molecule has 2 saturated heterocycles. The molecule has 2 heterocycles. The molecule has 6 heteroatoms. The van der Waals surface area contributed by atoms with Crippen molar-refractivity contribution in [3.8, 4) is 0 Å². The number of hydrogen-bond acceptors (Lipinski definition) is 4. The Morgan fingerprint density at radius 2 is 2.21 bits per heavy atom. The van der Waals surface area contributed by atoms with E-state index in [-0.39, 0.29) is 23.7 Å². The van der Waals surface area contributed by atoms with E-state index in [0.29, 0.717) is 32.0 Å². The Bertz CT molecular complexity index is 617. The van der Waals surface area contributed by atoms with Crippen molar-refractivity contribution in [2.45, 2.75) is 32.9 Å². The van der Waals surface area contributed by atoms with Crippen molar-refractivity contribution in [3.63, 3.8) is 0 Å². The predicted octanol–water partition coefficient (Wildman–Crippen LogP) is 1.79. The molecule has 0 radical (unpaired) electrons. The summed E-state index contributed by atoms with van der Waals surface area (Å²) in [5, 5.41) is 0. The summed E-state index contributed by atoms with van der Waals surface area (Å²) >= 11 is 0. The largest absolute Gasteiger partial charge is 0.398 e. The minimum Gasteiger partial charge on any atom is -0.398 e. The summed E-state index contributed by atoms with van der Waals surface area (Å²) in [5.74, 6) is -0.0636. The van der Waals surface area contributed by atoms with Crippen molar-refractivity contribution in [3.05, 3.63) is 29.1 Å². The summed E-state index contributed by atoms with van der Waals surface area (Å²) in [7, 11) is 0. The number of nitrogen functional groups attached to an aromatic ring is 1. The second-order valence-electron chi connectivity index (χ2n) is 6.96. The van der Waals surface area contributed by atoms with Crippen LogP contribution in [0.3, 0.4) is 0 Å². The number of anilines is 1. The van der Waals surface area contributed by atoms with Crippen LogP contribution < -0.4 is 5.73 Å². The highest BCUT2D eigenvalue weighted by atomic mass is 19.1. The first-order chi connectivity index (χ1) is 11.5. The highest BCUT2D eigenvalue weighted by molar-refractivity contribution is 5.79. The number of rotatable bonds is 3. The van der Waals surface area contributed by atoms with Gasteiger partial charge in [-0.1, -0.05) is 0 Å². The maximum Gasteiger partial charge on any atom is 0.228 e. The molecule has 0 aliphatic carbocycles. The summed E-state index contributed by atoms with van der Waals surface area (Å²) in [6.45, 7) is 8.18. The third kappa shape index (κ3) is 3.54. The van der Waals surface area contributed by atoms with Gasteiger partial charge in [0.05, 0.1) is 12.5 Å². The highest BCUT2D eigenvalue weighted by Gasteiger charge is 2.33. The van der Waals surface area contributed by atoms with Crippen LogP contribution in [0, 0.1) is 18.7 Å². The molecule has 1 aromatic carbocycles. The normalized spacial score (nSPS) is 25.2. The summed E-state index contributed by atoms with van der Waals surface area (Å²) in [6.07, 6.45) is 0.827. The van der Waals surface area contributed by atoms with Crippen molar-refractivity contribution in [1.82, 2.24) is 9.80 Å². The molecule has 0 saturated carbocycles. The van der Waals surface area contributed by atoms with E-state index >= 15 is 0 Å². The molecule has 132 valence electrons. The third-order valence-electron chi connectivity index (χ3n) is 5.19. The first-order valence-electron chi connectivity index (χ1n) is 8.60. The molecule has 2 aliphatic rings. The van der Waals surface area contributed by atoms with Crippen LogP contribution in [0.25, 0.3) is 0 Å². The number of hydrogen-bond donors (Lipinski definition) is 1. The van der Waals surface area contributed by atoms with Crippen LogP contribution in [0.2, 0.25) is 0 Å². The van der Waals surface area contributed by atoms with Crippen LogP contribution in [-0.2, 0) is 16.1 Å². The molecule has 2 fully saturated rings. The minimum absolute atomic E-state index is 0.0178. The van der Waals surface area contributed by atoms with Crippen molar-refractivity contribution >= 4 is 11.6 Å². The maximum atomic E-state index is 13.6. The number of amides is 1. The van der Waals surface area contributed by atoms with E-state index in [0.717, 1.165) is 30.6 Å². The molecule has 3 rings (SSSR count). The lowest BCUT2D eigenvalue weighted by Crippen LogP contribution is -2.55. The molecule has 24 heavy (non-hydrogen) atoms. The van der Waals surface area contributed by atoms with Crippen molar-refractivity contribution in [1.29, 1.82) is 0 Å². The summed E-state index contributed by atoms with van der Waals surface area (Å²) < 4.78 is 19.0. The smallest absolute Gasteiger partial charge is 0.228 e. The number of ether oxygens (including phenoxy) is 1. The zero-order chi connectivity index (χ0) is 17.3. The molecule has 0 spiro atoms. The Morgan fingerprint density at radius 1 is 1.42 bits per heavy atom. The number of halogens is 1. The van der Waals surface area contributed by atoms with Gasteiger partial charge in [0, 0.05) is 44.5 Å². The van der Waals surface area contributed by atoms with Gasteiger partial charge in [0.2, 0.25) is 5.91 Å². The van der Waals surface area contributed by atoms with Crippen molar-refractivity contribution in [2.75, 3.05) is 38.6 Å². The molecule has 1 amide bonds. The van der Waals surface area contributed by atoms with Crippen molar-refractivity contribution in [2.24, 2.45) is 5.92 Å². The number of piperazine rings is 1. The molecule has 2 aliphatic heterocycles. The lowest BCUT2D eigenvalue weighted by atomic mass is 10.0. The number of benzene rings is 1. The Labute approximate surface area is 142 Å². The molecule has 5 nitrogen and oxygen atoms in total. The average molecular weight is 335 g/mol. The number of nitrogens with zero attached hydrogens (tertiary/aromatic N) is 2. The molecule has 0 bridgehead atoms. The highest BCUT2D eigenvalue weighted by Crippen LogP contribution is 2.23. The molecule has 2 unspecified atom stereocenters. The van der Waals surface area contributed by atoms with Crippen LogP contribution in [0.5, 0.6) is 0 Å². The second kappa shape index (κ2) is 7.07. The van der Waals surface area contributed by atoms with E-state index in [2.05, 4.69) is 11.8 Å². The molecular formula is C18H26FN3O2. The predicted molar refractivity (Wildman–Crippen MR) is 90.9 cm³/mol. The number of nitrogens with two attached hydrogens (primary N) is 1. The fourth-order valence-electron chi connectivity index (χ4n) is 3.63. The molecule has 2 N–H and O–H groups in total. The van der Waals surface area contributed by atoms with Gasteiger partial charge in [-0.15, -0.1) is 0 Å². The average Bonchev–Trinajstić information content (AvgIpc) is 3.06. The standard InChI is InChI=1S/C18H26FN3O2/c1-12-9-21(10-15-7-16(19)8-17(20)13(15)2)4-5-22(12)18(23)14-3-6-24-11-14/h7-8,12,14H,3-6,9-11,20H2,1-2H3. The quantitative estimate of drug-likeness (QED) is 0.856. The van der Waals surface area contributed by atoms with Gasteiger partial charge in [0.1, 0.15) is 5.82 Å². The van der Waals surface area contributed by atoms with Gasteiger partial charge in [-0.05, 0) is 43.5 Å². The van der Waals surface area contributed by atoms with Gasteiger partial charge >= 0.3 is 0 Å². The van der Waals surface area contributed by atoms with Gasteiger partial charge in [0.25, 0.3) is 0 Å². The lowest BCUT2D eigenvalue weighted by molar-refractivity contribution is -0.140. The minimum atomic E-state index is -0.295. The van der Waals surface area contributed by atoms with Crippen LogP contribution in [0.15, 0.2) is 12.1 Å². The first kappa shape index (κ1) is 17.2. The van der Waals surface area contributed by atoms with E-state index in [1.54, 1.807) is 6.07 Å². The summed E-state index contributed by atoms with van der Waals surface area (Å²) in [5.41, 5.74) is 8.21. The van der Waals surface area contributed by atoms with Gasteiger partial charge in [-0.2, -0.15) is 0 Å². The Hall–Kier alpha value is -1.66. The molecule has 2 atom stereocenters. The van der Waals surface area contributed by atoms with Gasteiger partial charge in [0.15, 0.2) is 0 Å². The second-order valence-corrected chi connectivity index (χ2v) is 6.96. The third-order valence-corrected chi connectivity index (χ3v) is 5.19. The van der Waals surface area contributed by atoms with E-state index in [1.807, 2.05) is 11.8 Å². The van der Waals surface area contributed by atoms with E-state index in [1.165, 1.54) is 6.07 Å². The number of carbonyl (C=O) groups is 1. The van der Waals surface area contributed by atoms with Crippen LogP contribution in [0.1, 0.15) is 24.5 Å². The maximum absolute atomic E-state index is 13.6. The monoisotopic (exact) mass is 335 g/mol. The number of carbonyl (C=O) groups excluding carboxylic acids is 1. The molecular weight excluding hydrogens is 309 g/mol. The van der Waals surface area contributed by atoms with E-state index in [4.69, 9.17) is 10.5 Å². The van der Waals surface area contributed by atoms with Crippen molar-refractivity contribution < 1.29 is 13.9 Å². The first-order valence-corrected chi connectivity index (χ1v) is 8.60. The van der Waals surface area contributed by atoms with Gasteiger partial charge in [-0.25, -0.2) is 4.39 Å². The van der Waals surface area contributed by atoms with Gasteiger partial charge in [-0.3, -0.25) is 9.69 Å². The zero-order valence-electron chi connectivity index (χ0n) is 14.4. The molecule has 1 aromatic rings. The SMILES string of the molecule is Cc1c(N)cc(F)cc1CN1CCN(C(=O)C2CCOC2)C(C)C1. The van der Waals surface area contributed by atoms with Crippen LogP contribution >= 0.6 is 0 Å². The Morgan fingerprint density at radius 3 is 2.88 bits per heavy atom. The van der Waals surface area contributed by atoms with Gasteiger partial charge < -0.3 is 15.4 Å². The Balaban J connectivity index is 1.62. The summed E-state index contributed by atoms with van der Waals surface area (Å²) in [6, 6.07) is 3.07. The summed E-state index contributed by atoms with van der Waals surface area (Å²) in [4.78, 5) is 16.8. The fourth-order valence-corrected chi connectivity index (χ4v) is 3.63. The zero-order valence-corrected chi connectivity index (χ0v) is 14.4.